The average molecular weight is 453 g/mol. The molecule has 0 amide bonds. The summed E-state index contributed by atoms with van der Waals surface area (Å²) in [7, 11) is 0. The number of aromatic carboxylic acids is 1. The minimum atomic E-state index is -1.08. The molecule has 30 heavy (non-hydrogen) atoms. The zero-order valence-corrected chi connectivity index (χ0v) is 18.5. The van der Waals surface area contributed by atoms with E-state index in [1.165, 1.54) is 12.1 Å². The Morgan fingerprint density at radius 1 is 1.07 bits per heavy atom. The first kappa shape index (κ1) is 23.9. The predicted octanol–water partition coefficient (Wildman–Crippen LogP) is 5.23. The van der Waals surface area contributed by atoms with Crippen LogP contribution in [0.4, 0.5) is 0 Å². The summed E-state index contributed by atoms with van der Waals surface area (Å²) < 4.78 is 11.3. The van der Waals surface area contributed by atoms with Gasteiger partial charge in [-0.1, -0.05) is 18.5 Å². The molecule has 0 aliphatic rings. The molecular formula is C22H25ClO6S. The Kier molecular flexibility index (Phi) is 9.33. The lowest BCUT2D eigenvalue weighted by atomic mass is 10.0. The molecule has 0 bridgehead atoms. The average Bonchev–Trinajstić information content (AvgIpc) is 2.70. The van der Waals surface area contributed by atoms with Gasteiger partial charge in [0.05, 0.1) is 29.4 Å². The van der Waals surface area contributed by atoms with Gasteiger partial charge < -0.3 is 19.7 Å². The van der Waals surface area contributed by atoms with Crippen LogP contribution in [-0.2, 0) is 0 Å². The highest BCUT2D eigenvalue weighted by atomic mass is 35.5. The highest BCUT2D eigenvalue weighted by Crippen LogP contribution is 2.31. The van der Waals surface area contributed by atoms with Crippen molar-refractivity contribution in [1.29, 1.82) is 0 Å². The second-order valence-corrected chi connectivity index (χ2v) is 8.15. The van der Waals surface area contributed by atoms with Gasteiger partial charge in [-0.05, 0) is 43.7 Å². The molecule has 0 aromatic heterocycles. The molecule has 8 heteroatoms. The maximum atomic E-state index is 12.0. The summed E-state index contributed by atoms with van der Waals surface area (Å²) in [6, 6.07) is 7.81. The van der Waals surface area contributed by atoms with Gasteiger partial charge in [0.1, 0.15) is 17.2 Å². The van der Waals surface area contributed by atoms with Crippen LogP contribution >= 0.6 is 23.4 Å². The van der Waals surface area contributed by atoms with Gasteiger partial charge in [-0.15, -0.1) is 0 Å². The summed E-state index contributed by atoms with van der Waals surface area (Å²) in [5.74, 6) is 1.36. The number of Topliss-reactive ketones (excluding diaryl/α,β-unsaturated/α-hetero) is 1. The van der Waals surface area contributed by atoms with Crippen molar-refractivity contribution < 1.29 is 29.3 Å². The molecule has 2 aromatic rings. The first-order valence-corrected chi connectivity index (χ1v) is 11.1. The Labute approximate surface area is 185 Å². The molecule has 0 spiro atoms. The molecule has 162 valence electrons. The Bertz CT molecular complexity index is 899. The third-order valence-electron chi connectivity index (χ3n) is 4.31. The maximum Gasteiger partial charge on any atom is 0.337 e. The summed E-state index contributed by atoms with van der Waals surface area (Å²) in [6.45, 7) is 4.55. The van der Waals surface area contributed by atoms with Gasteiger partial charge in [0.15, 0.2) is 5.78 Å². The molecule has 0 aliphatic heterocycles. The van der Waals surface area contributed by atoms with E-state index in [4.69, 9.17) is 26.2 Å². The quantitative estimate of drug-likeness (QED) is 0.336. The fourth-order valence-corrected chi connectivity index (χ4v) is 3.57. The van der Waals surface area contributed by atoms with Crippen molar-refractivity contribution in [1.82, 2.24) is 0 Å². The SMILES string of the molecule is CCCC(=O)c1ccc(OCCSCCOc2ccc(C(=O)O)c(Cl)c2)c(C)c1O. The van der Waals surface area contributed by atoms with Crippen LogP contribution in [0.2, 0.25) is 5.02 Å². The first-order chi connectivity index (χ1) is 14.3. The number of ether oxygens (including phenoxy) is 2. The molecule has 0 radical (unpaired) electrons. The summed E-state index contributed by atoms with van der Waals surface area (Å²) in [5, 5.41) is 19.4. The van der Waals surface area contributed by atoms with Crippen LogP contribution < -0.4 is 9.47 Å². The van der Waals surface area contributed by atoms with Crippen molar-refractivity contribution >= 4 is 35.1 Å². The molecule has 0 unspecified atom stereocenters. The molecule has 6 nitrogen and oxygen atoms in total. The fourth-order valence-electron chi connectivity index (χ4n) is 2.71. The van der Waals surface area contributed by atoms with Crippen molar-refractivity contribution in [2.45, 2.75) is 26.7 Å². The number of benzene rings is 2. The second-order valence-electron chi connectivity index (χ2n) is 6.51. The van der Waals surface area contributed by atoms with E-state index in [1.807, 2.05) is 6.92 Å². The number of carbonyl (C=O) groups excluding carboxylic acids is 1. The monoisotopic (exact) mass is 452 g/mol. The van der Waals surface area contributed by atoms with E-state index in [2.05, 4.69) is 0 Å². The van der Waals surface area contributed by atoms with E-state index in [-0.39, 0.29) is 22.1 Å². The largest absolute Gasteiger partial charge is 0.507 e. The third-order valence-corrected chi connectivity index (χ3v) is 5.53. The number of carboxylic acids is 1. The van der Waals surface area contributed by atoms with E-state index in [1.54, 1.807) is 36.9 Å². The van der Waals surface area contributed by atoms with Gasteiger partial charge in [-0.3, -0.25) is 4.79 Å². The Morgan fingerprint density at radius 2 is 1.73 bits per heavy atom. The number of phenols is 1. The van der Waals surface area contributed by atoms with Crippen LogP contribution in [0.15, 0.2) is 30.3 Å². The fraction of sp³-hybridized carbons (Fsp3) is 0.364. The summed E-state index contributed by atoms with van der Waals surface area (Å²) in [6.07, 6.45) is 1.14. The number of ketones is 1. The van der Waals surface area contributed by atoms with E-state index in [9.17, 15) is 14.7 Å². The van der Waals surface area contributed by atoms with E-state index in [0.29, 0.717) is 42.3 Å². The molecule has 2 N–H and O–H groups in total. The van der Waals surface area contributed by atoms with Crippen LogP contribution in [-0.4, -0.2) is 46.7 Å². The number of thioether (sulfide) groups is 1. The number of rotatable bonds is 12. The topological polar surface area (TPSA) is 93.1 Å². The van der Waals surface area contributed by atoms with Crippen molar-refractivity contribution in [3.63, 3.8) is 0 Å². The highest BCUT2D eigenvalue weighted by molar-refractivity contribution is 7.99. The van der Waals surface area contributed by atoms with Gasteiger partial charge >= 0.3 is 5.97 Å². The number of aromatic hydroxyl groups is 1. The number of carboxylic acid groups (broad SMARTS) is 1. The normalized spacial score (nSPS) is 10.6. The molecule has 0 saturated carbocycles. The zero-order valence-electron chi connectivity index (χ0n) is 16.9. The lowest BCUT2D eigenvalue weighted by Crippen LogP contribution is -2.06. The minimum Gasteiger partial charge on any atom is -0.507 e. The molecule has 0 atom stereocenters. The highest BCUT2D eigenvalue weighted by Gasteiger charge is 2.15. The lowest BCUT2D eigenvalue weighted by molar-refractivity contribution is 0.0696. The van der Waals surface area contributed by atoms with Crippen molar-refractivity contribution in [2.75, 3.05) is 24.7 Å². The van der Waals surface area contributed by atoms with Crippen LogP contribution in [0, 0.1) is 6.92 Å². The van der Waals surface area contributed by atoms with Crippen molar-refractivity contribution in [3.05, 3.63) is 52.0 Å². The van der Waals surface area contributed by atoms with Gasteiger partial charge in [0, 0.05) is 23.5 Å². The summed E-state index contributed by atoms with van der Waals surface area (Å²) in [4.78, 5) is 22.9. The smallest absolute Gasteiger partial charge is 0.337 e. The lowest BCUT2D eigenvalue weighted by Gasteiger charge is -2.13. The standard InChI is InChI=1S/C22H25ClO6S/c1-3-4-19(24)17-7-8-20(14(2)21(17)25)29-10-12-30-11-9-28-15-5-6-16(22(26)27)18(23)13-15/h5-8,13,25H,3-4,9-12H2,1-2H3,(H,26,27). The number of hydrogen-bond donors (Lipinski definition) is 2. The van der Waals surface area contributed by atoms with Crippen LogP contribution in [0.25, 0.3) is 0 Å². The molecule has 0 heterocycles. The Balaban J connectivity index is 1.72. The number of phenolic OH excluding ortho intramolecular Hbond substituents is 1. The number of halogens is 1. The molecular weight excluding hydrogens is 428 g/mol. The van der Waals surface area contributed by atoms with Gasteiger partial charge in [-0.25, -0.2) is 4.79 Å². The molecule has 2 aromatic carbocycles. The van der Waals surface area contributed by atoms with E-state index < -0.39 is 5.97 Å². The van der Waals surface area contributed by atoms with E-state index >= 15 is 0 Å². The van der Waals surface area contributed by atoms with Crippen LogP contribution in [0.3, 0.4) is 0 Å². The molecule has 2 rings (SSSR count). The van der Waals surface area contributed by atoms with Gasteiger partial charge in [0.2, 0.25) is 0 Å². The van der Waals surface area contributed by atoms with Crippen molar-refractivity contribution in [3.8, 4) is 17.2 Å². The predicted molar refractivity (Wildman–Crippen MR) is 119 cm³/mol. The molecule has 0 fully saturated rings. The number of carbonyl (C=O) groups is 2. The zero-order chi connectivity index (χ0) is 22.1. The summed E-state index contributed by atoms with van der Waals surface area (Å²) >= 11 is 7.55. The first-order valence-electron chi connectivity index (χ1n) is 9.57. The molecule has 0 aliphatic carbocycles. The van der Waals surface area contributed by atoms with Gasteiger partial charge in [0.25, 0.3) is 0 Å². The van der Waals surface area contributed by atoms with Crippen LogP contribution in [0.1, 0.15) is 46.0 Å². The third kappa shape index (κ3) is 6.57. The maximum absolute atomic E-state index is 12.0. The summed E-state index contributed by atoms with van der Waals surface area (Å²) in [5.41, 5.74) is 0.941. The minimum absolute atomic E-state index is 0.0143. The van der Waals surface area contributed by atoms with E-state index in [0.717, 1.165) is 17.9 Å². The Morgan fingerprint density at radius 3 is 2.37 bits per heavy atom. The van der Waals surface area contributed by atoms with Gasteiger partial charge in [-0.2, -0.15) is 11.8 Å². The van der Waals surface area contributed by atoms with Crippen molar-refractivity contribution in [2.24, 2.45) is 0 Å². The Hall–Kier alpha value is -2.38. The van der Waals surface area contributed by atoms with Crippen LogP contribution in [0.5, 0.6) is 17.2 Å². The molecule has 0 saturated heterocycles. The second kappa shape index (κ2) is 11.7. The number of hydrogen-bond acceptors (Lipinski definition) is 6.